The summed E-state index contributed by atoms with van der Waals surface area (Å²) in [5.41, 5.74) is 6.39. The number of halogens is 3. The molecule has 2 heterocycles. The van der Waals surface area contributed by atoms with Gasteiger partial charge in [0.15, 0.2) is 17.4 Å². The van der Waals surface area contributed by atoms with E-state index >= 15 is 0 Å². The quantitative estimate of drug-likeness (QED) is 0.232. The molecule has 1 saturated heterocycles. The number of hydrogen-bond donors (Lipinski definition) is 4. The number of H-pyrrole nitrogens is 1. The van der Waals surface area contributed by atoms with Crippen molar-refractivity contribution in [2.45, 2.75) is 25.3 Å². The molecule has 1 aliphatic rings. The first-order chi connectivity index (χ1) is 20.2. The second-order valence-electron chi connectivity index (χ2n) is 9.59. The highest BCUT2D eigenvalue weighted by atomic mass is 35.5. The summed E-state index contributed by atoms with van der Waals surface area (Å²) in [6, 6.07) is 7.03. The minimum atomic E-state index is -1.09. The Morgan fingerprint density at radius 1 is 1.19 bits per heavy atom. The molecule has 0 aliphatic carbocycles. The summed E-state index contributed by atoms with van der Waals surface area (Å²) in [5.74, 6) is -3.44. The fourth-order valence-electron chi connectivity index (χ4n) is 4.48. The average Bonchev–Trinajstić information content (AvgIpc) is 3.64. The summed E-state index contributed by atoms with van der Waals surface area (Å²) in [4.78, 5) is 46.3. The van der Waals surface area contributed by atoms with E-state index in [1.807, 2.05) is 0 Å². The van der Waals surface area contributed by atoms with Gasteiger partial charge in [0.1, 0.15) is 0 Å². The number of aromatic nitrogens is 2. The summed E-state index contributed by atoms with van der Waals surface area (Å²) in [5, 5.41) is 5.69. The fraction of sp³-hybridized carbons (Fsp3) is 0.357. The molecule has 1 aromatic heterocycles. The van der Waals surface area contributed by atoms with Gasteiger partial charge in [-0.25, -0.2) is 9.37 Å². The highest BCUT2D eigenvalue weighted by Crippen LogP contribution is 2.26. The van der Waals surface area contributed by atoms with E-state index in [1.54, 1.807) is 4.90 Å². The lowest BCUT2D eigenvalue weighted by atomic mass is 10.1. The normalized spacial score (nSPS) is 14.6. The van der Waals surface area contributed by atoms with Gasteiger partial charge in [0.05, 0.1) is 30.9 Å². The molecule has 5 N–H and O–H groups in total. The Morgan fingerprint density at radius 2 is 2.00 bits per heavy atom. The minimum Gasteiger partial charge on any atom is -0.494 e. The molecule has 0 saturated carbocycles. The molecule has 224 valence electrons. The molecule has 0 spiro atoms. The number of likely N-dealkylation sites (tertiary alicyclic amines) is 1. The van der Waals surface area contributed by atoms with Crippen LogP contribution in [-0.4, -0.2) is 78.6 Å². The van der Waals surface area contributed by atoms with Crippen molar-refractivity contribution < 1.29 is 32.6 Å². The lowest BCUT2D eigenvalue weighted by Crippen LogP contribution is -2.38. The molecule has 0 bridgehead atoms. The predicted molar refractivity (Wildman–Crippen MR) is 151 cm³/mol. The number of ether oxygens (including phenoxy) is 2. The second-order valence-corrected chi connectivity index (χ2v) is 10.0. The summed E-state index contributed by atoms with van der Waals surface area (Å²) in [6.07, 6.45) is 2.15. The van der Waals surface area contributed by atoms with Crippen LogP contribution in [0.15, 0.2) is 36.5 Å². The highest BCUT2D eigenvalue weighted by Gasteiger charge is 2.29. The van der Waals surface area contributed by atoms with Gasteiger partial charge in [-0.2, -0.15) is 4.39 Å². The third-order valence-electron chi connectivity index (χ3n) is 6.60. The average molecular weight is 605 g/mol. The van der Waals surface area contributed by atoms with Crippen LogP contribution in [0.3, 0.4) is 0 Å². The lowest BCUT2D eigenvalue weighted by Gasteiger charge is -2.18. The number of benzene rings is 2. The molecule has 3 amide bonds. The number of carbonyl (C=O) groups is 3. The molecule has 11 nitrogen and oxygen atoms in total. The molecule has 2 aromatic carbocycles. The molecule has 1 fully saturated rings. The topological polar surface area (TPSA) is 152 Å². The van der Waals surface area contributed by atoms with Crippen molar-refractivity contribution in [3.8, 4) is 5.75 Å². The molecule has 14 heteroatoms. The maximum atomic E-state index is 14.3. The zero-order chi connectivity index (χ0) is 30.2. The van der Waals surface area contributed by atoms with Crippen molar-refractivity contribution in [3.63, 3.8) is 0 Å². The number of hydrogen-bond acceptors (Lipinski definition) is 7. The Balaban J connectivity index is 1.31. The molecule has 0 radical (unpaired) electrons. The van der Waals surface area contributed by atoms with Gasteiger partial charge in [-0.15, -0.1) is 0 Å². The Kier molecular flexibility index (Phi) is 10.4. The van der Waals surface area contributed by atoms with Crippen molar-refractivity contribution in [2.24, 2.45) is 5.73 Å². The van der Waals surface area contributed by atoms with Gasteiger partial charge in [-0.3, -0.25) is 14.4 Å². The van der Waals surface area contributed by atoms with Gasteiger partial charge in [-0.1, -0.05) is 17.7 Å². The molecule has 1 aliphatic heterocycles. The number of methoxy groups -OCH3 is 1. The van der Waals surface area contributed by atoms with Crippen LogP contribution >= 0.6 is 11.6 Å². The van der Waals surface area contributed by atoms with Gasteiger partial charge in [-0.05, 0) is 36.2 Å². The highest BCUT2D eigenvalue weighted by molar-refractivity contribution is 6.34. The summed E-state index contributed by atoms with van der Waals surface area (Å²) >= 11 is 6.39. The van der Waals surface area contributed by atoms with Gasteiger partial charge in [0, 0.05) is 56.1 Å². The standard InChI is InChI=1S/C28H31ClF2N6O5/c1-41-22-5-2-16(24(30)25(22)31)12-19-14-33-26(35-19)27(39)36-17-3-4-20(21(29)13-17)28(40)37-9-6-18(15-37)34-23(38)7-10-42-11-8-32/h2-5,13-14,18H,6-12,15,32H2,1H3,(H,33,35)(H,34,38)(H,36,39). The monoisotopic (exact) mass is 604 g/mol. The summed E-state index contributed by atoms with van der Waals surface area (Å²) < 4.78 is 38.3. The van der Waals surface area contributed by atoms with Crippen LogP contribution < -0.4 is 21.1 Å². The molecule has 1 unspecified atom stereocenters. The predicted octanol–water partition coefficient (Wildman–Crippen LogP) is 2.89. The maximum absolute atomic E-state index is 14.3. The van der Waals surface area contributed by atoms with E-state index in [9.17, 15) is 23.2 Å². The van der Waals surface area contributed by atoms with Gasteiger partial charge in [0.2, 0.25) is 11.7 Å². The van der Waals surface area contributed by atoms with Crippen LogP contribution in [0.5, 0.6) is 5.75 Å². The van der Waals surface area contributed by atoms with Crippen molar-refractivity contribution in [2.75, 3.05) is 45.3 Å². The van der Waals surface area contributed by atoms with Gasteiger partial charge >= 0.3 is 0 Å². The van der Waals surface area contributed by atoms with E-state index < -0.39 is 17.5 Å². The van der Waals surface area contributed by atoms with Gasteiger partial charge < -0.3 is 35.7 Å². The minimum absolute atomic E-state index is 0.0279. The Labute approximate surface area is 245 Å². The van der Waals surface area contributed by atoms with E-state index in [0.29, 0.717) is 44.0 Å². The fourth-order valence-corrected chi connectivity index (χ4v) is 4.74. The number of nitrogens with zero attached hydrogens (tertiary/aromatic N) is 2. The maximum Gasteiger partial charge on any atom is 0.291 e. The largest absolute Gasteiger partial charge is 0.494 e. The molecule has 42 heavy (non-hydrogen) atoms. The van der Waals surface area contributed by atoms with Crippen LogP contribution in [0.4, 0.5) is 14.5 Å². The zero-order valence-corrected chi connectivity index (χ0v) is 23.6. The lowest BCUT2D eigenvalue weighted by molar-refractivity contribution is -0.122. The first-order valence-electron chi connectivity index (χ1n) is 13.2. The summed E-state index contributed by atoms with van der Waals surface area (Å²) in [6.45, 7) is 1.86. The van der Waals surface area contributed by atoms with Crippen molar-refractivity contribution in [3.05, 3.63) is 75.8 Å². The Bertz CT molecular complexity index is 1450. The SMILES string of the molecule is COc1ccc(Cc2cnc(C(=O)Nc3ccc(C(=O)N4CCC(NC(=O)CCOCCN)C4)c(Cl)c3)[nH]2)c(F)c1F. The molecule has 3 aromatic rings. The number of amides is 3. The molecule has 1 atom stereocenters. The second kappa shape index (κ2) is 14.2. The first-order valence-corrected chi connectivity index (χ1v) is 13.6. The van der Waals surface area contributed by atoms with Crippen molar-refractivity contribution in [1.82, 2.24) is 20.2 Å². The third-order valence-corrected chi connectivity index (χ3v) is 6.92. The Morgan fingerprint density at radius 3 is 2.74 bits per heavy atom. The van der Waals surface area contributed by atoms with Crippen LogP contribution in [-0.2, 0) is 16.0 Å². The van der Waals surface area contributed by atoms with Crippen molar-refractivity contribution in [1.29, 1.82) is 0 Å². The van der Waals surface area contributed by atoms with E-state index in [1.165, 1.54) is 43.6 Å². The van der Waals surface area contributed by atoms with Crippen LogP contribution in [0.1, 0.15) is 45.1 Å². The van der Waals surface area contributed by atoms with Crippen molar-refractivity contribution >= 4 is 35.0 Å². The number of carbonyl (C=O) groups excluding carboxylic acids is 3. The number of imidazole rings is 1. The molecule has 4 rings (SSSR count). The van der Waals surface area contributed by atoms with E-state index in [0.717, 1.165) is 0 Å². The van der Waals surface area contributed by atoms with E-state index in [-0.39, 0.29) is 65.0 Å². The Hall–Kier alpha value is -4.07. The first kappa shape index (κ1) is 30.9. The van der Waals surface area contributed by atoms with Crippen LogP contribution in [0.2, 0.25) is 5.02 Å². The van der Waals surface area contributed by atoms with E-state index in [4.69, 9.17) is 26.8 Å². The smallest absolute Gasteiger partial charge is 0.291 e. The number of rotatable bonds is 12. The number of nitrogens with two attached hydrogens (primary N) is 1. The summed E-state index contributed by atoms with van der Waals surface area (Å²) in [7, 11) is 1.24. The molecular weight excluding hydrogens is 574 g/mol. The van der Waals surface area contributed by atoms with E-state index in [2.05, 4.69) is 20.6 Å². The van der Waals surface area contributed by atoms with Crippen LogP contribution in [0.25, 0.3) is 0 Å². The molecular formula is C28H31ClF2N6O5. The number of aromatic amines is 1. The number of nitrogens with one attached hydrogen (secondary N) is 3. The third kappa shape index (κ3) is 7.60. The van der Waals surface area contributed by atoms with Gasteiger partial charge in [0.25, 0.3) is 11.8 Å². The van der Waals surface area contributed by atoms with Crippen LogP contribution in [0, 0.1) is 11.6 Å². The zero-order valence-electron chi connectivity index (χ0n) is 22.8. The number of anilines is 1.